The summed E-state index contributed by atoms with van der Waals surface area (Å²) in [7, 11) is 0. The Morgan fingerprint density at radius 3 is 2.42 bits per heavy atom. The molecule has 0 aromatic heterocycles. The van der Waals surface area contributed by atoms with E-state index >= 15 is 0 Å². The number of hydrogen-bond acceptors (Lipinski definition) is 4. The SMILES string of the molecule is CCC(C)O[C@H]1CCCC[C@@H]1OC(=O)C(C)(CC)OCc1ccccc1. The van der Waals surface area contributed by atoms with E-state index in [1.54, 1.807) is 0 Å². The molecule has 146 valence electrons. The highest BCUT2D eigenvalue weighted by Crippen LogP contribution is 2.28. The van der Waals surface area contributed by atoms with Crippen molar-refractivity contribution in [1.29, 1.82) is 0 Å². The van der Waals surface area contributed by atoms with Crippen molar-refractivity contribution in [3.8, 4) is 0 Å². The van der Waals surface area contributed by atoms with E-state index in [2.05, 4.69) is 13.8 Å². The van der Waals surface area contributed by atoms with Crippen LogP contribution < -0.4 is 0 Å². The summed E-state index contributed by atoms with van der Waals surface area (Å²) in [6, 6.07) is 9.91. The Hall–Kier alpha value is -1.39. The van der Waals surface area contributed by atoms with Gasteiger partial charge in [0.05, 0.1) is 18.8 Å². The smallest absolute Gasteiger partial charge is 0.338 e. The molecule has 0 aliphatic heterocycles. The molecule has 0 heterocycles. The molecule has 1 aliphatic rings. The summed E-state index contributed by atoms with van der Waals surface area (Å²) in [5.74, 6) is -0.277. The summed E-state index contributed by atoms with van der Waals surface area (Å²) >= 11 is 0. The monoisotopic (exact) mass is 362 g/mol. The zero-order chi connectivity index (χ0) is 19.0. The first-order chi connectivity index (χ1) is 12.5. The van der Waals surface area contributed by atoms with Gasteiger partial charge in [-0.2, -0.15) is 0 Å². The molecule has 4 atom stereocenters. The van der Waals surface area contributed by atoms with E-state index < -0.39 is 5.60 Å². The summed E-state index contributed by atoms with van der Waals surface area (Å²) in [5, 5.41) is 0. The predicted molar refractivity (Wildman–Crippen MR) is 103 cm³/mol. The van der Waals surface area contributed by atoms with Crippen LogP contribution in [-0.2, 0) is 25.6 Å². The number of carbonyl (C=O) groups excluding carboxylic acids is 1. The Kier molecular flexibility index (Phi) is 8.11. The van der Waals surface area contributed by atoms with E-state index in [0.29, 0.717) is 13.0 Å². The highest BCUT2D eigenvalue weighted by atomic mass is 16.6. The van der Waals surface area contributed by atoms with Crippen molar-refractivity contribution in [3.05, 3.63) is 35.9 Å². The maximum atomic E-state index is 12.9. The molecular weight excluding hydrogens is 328 g/mol. The molecule has 26 heavy (non-hydrogen) atoms. The Morgan fingerprint density at radius 2 is 1.81 bits per heavy atom. The van der Waals surface area contributed by atoms with E-state index in [1.165, 1.54) is 0 Å². The highest BCUT2D eigenvalue weighted by molar-refractivity contribution is 5.79. The molecule has 2 rings (SSSR count). The van der Waals surface area contributed by atoms with E-state index in [0.717, 1.165) is 37.7 Å². The van der Waals surface area contributed by atoms with Crippen molar-refractivity contribution in [2.75, 3.05) is 0 Å². The molecule has 2 unspecified atom stereocenters. The van der Waals surface area contributed by atoms with Gasteiger partial charge in [0.1, 0.15) is 6.10 Å². The molecule has 0 bridgehead atoms. The summed E-state index contributed by atoms with van der Waals surface area (Å²) in [6.45, 7) is 8.37. The number of hydrogen-bond donors (Lipinski definition) is 0. The Labute approximate surface area is 158 Å². The second-order valence-electron chi connectivity index (χ2n) is 7.48. The minimum Gasteiger partial charge on any atom is -0.457 e. The second-order valence-corrected chi connectivity index (χ2v) is 7.48. The van der Waals surface area contributed by atoms with Gasteiger partial charge in [-0.15, -0.1) is 0 Å². The first-order valence-corrected chi connectivity index (χ1v) is 10.0. The molecule has 1 fully saturated rings. The third kappa shape index (κ3) is 5.82. The molecule has 0 amide bonds. The fraction of sp³-hybridized carbons (Fsp3) is 0.682. The molecule has 4 nitrogen and oxygen atoms in total. The van der Waals surface area contributed by atoms with Crippen molar-refractivity contribution < 1.29 is 19.0 Å². The Bertz CT molecular complexity index is 544. The number of carbonyl (C=O) groups is 1. The van der Waals surface area contributed by atoms with E-state index in [-0.39, 0.29) is 24.3 Å². The molecule has 1 saturated carbocycles. The lowest BCUT2D eigenvalue weighted by Gasteiger charge is -2.35. The maximum Gasteiger partial charge on any atom is 0.338 e. The van der Waals surface area contributed by atoms with E-state index in [4.69, 9.17) is 14.2 Å². The van der Waals surface area contributed by atoms with Crippen molar-refractivity contribution >= 4 is 5.97 Å². The van der Waals surface area contributed by atoms with Crippen LogP contribution in [0.15, 0.2) is 30.3 Å². The van der Waals surface area contributed by atoms with Crippen LogP contribution in [0.2, 0.25) is 0 Å². The summed E-state index contributed by atoms with van der Waals surface area (Å²) in [6.07, 6.45) is 5.57. The lowest BCUT2D eigenvalue weighted by molar-refractivity contribution is -0.190. The third-order valence-electron chi connectivity index (χ3n) is 5.39. The standard InChI is InChI=1S/C22H34O4/c1-5-17(3)25-19-14-10-11-15-20(19)26-21(23)22(4,6-2)24-16-18-12-8-7-9-13-18/h7-9,12-13,17,19-20H,5-6,10-11,14-16H2,1-4H3/t17?,19-,20-,22?/m0/s1. The lowest BCUT2D eigenvalue weighted by Crippen LogP contribution is -2.45. The van der Waals surface area contributed by atoms with Crippen LogP contribution in [-0.4, -0.2) is 29.9 Å². The van der Waals surface area contributed by atoms with Crippen molar-refractivity contribution in [2.45, 2.75) is 96.7 Å². The topological polar surface area (TPSA) is 44.8 Å². The molecular formula is C22H34O4. The van der Waals surface area contributed by atoms with E-state index in [1.807, 2.05) is 44.2 Å². The second kappa shape index (κ2) is 10.1. The third-order valence-corrected chi connectivity index (χ3v) is 5.39. The van der Waals surface area contributed by atoms with E-state index in [9.17, 15) is 4.79 Å². The number of ether oxygens (including phenoxy) is 3. The fourth-order valence-electron chi connectivity index (χ4n) is 3.13. The zero-order valence-corrected chi connectivity index (χ0v) is 16.7. The molecule has 0 saturated heterocycles. The number of esters is 1. The van der Waals surface area contributed by atoms with Crippen molar-refractivity contribution in [3.63, 3.8) is 0 Å². The van der Waals surface area contributed by atoms with Crippen LogP contribution in [0, 0.1) is 0 Å². The van der Waals surface area contributed by atoms with Gasteiger partial charge >= 0.3 is 5.97 Å². The summed E-state index contributed by atoms with van der Waals surface area (Å²) < 4.78 is 18.0. The summed E-state index contributed by atoms with van der Waals surface area (Å²) in [4.78, 5) is 12.9. The minimum absolute atomic E-state index is 0.00196. The van der Waals surface area contributed by atoms with Crippen LogP contribution >= 0.6 is 0 Å². The van der Waals surface area contributed by atoms with Crippen molar-refractivity contribution in [2.24, 2.45) is 0 Å². The van der Waals surface area contributed by atoms with Crippen LogP contribution in [0.25, 0.3) is 0 Å². The molecule has 1 aliphatic carbocycles. The highest BCUT2D eigenvalue weighted by Gasteiger charge is 2.38. The maximum absolute atomic E-state index is 12.9. The van der Waals surface area contributed by atoms with Gasteiger partial charge in [-0.25, -0.2) is 4.79 Å². The predicted octanol–water partition coefficient (Wildman–Crippen LogP) is 5.04. The minimum atomic E-state index is -0.936. The molecule has 4 heteroatoms. The molecule has 0 spiro atoms. The van der Waals surface area contributed by atoms with Gasteiger partial charge in [-0.3, -0.25) is 0 Å². The van der Waals surface area contributed by atoms with Crippen LogP contribution in [0.1, 0.15) is 71.8 Å². The quantitative estimate of drug-likeness (QED) is 0.577. The van der Waals surface area contributed by atoms with Crippen LogP contribution in [0.3, 0.4) is 0 Å². The van der Waals surface area contributed by atoms with Gasteiger partial charge in [0.15, 0.2) is 5.60 Å². The van der Waals surface area contributed by atoms with Gasteiger partial charge in [-0.05, 0) is 51.5 Å². The fourth-order valence-corrected chi connectivity index (χ4v) is 3.13. The molecule has 0 N–H and O–H groups in total. The molecule has 0 radical (unpaired) electrons. The molecule has 1 aromatic carbocycles. The van der Waals surface area contributed by atoms with Gasteiger partial charge in [0.2, 0.25) is 0 Å². The first kappa shape index (κ1) is 20.9. The Balaban J connectivity index is 1.97. The van der Waals surface area contributed by atoms with Crippen LogP contribution in [0.5, 0.6) is 0 Å². The lowest BCUT2D eigenvalue weighted by atomic mass is 9.94. The van der Waals surface area contributed by atoms with Crippen LogP contribution in [0.4, 0.5) is 0 Å². The number of benzene rings is 1. The normalized spacial score (nSPS) is 23.8. The van der Waals surface area contributed by atoms with Gasteiger partial charge < -0.3 is 14.2 Å². The Morgan fingerprint density at radius 1 is 1.15 bits per heavy atom. The average molecular weight is 363 g/mol. The van der Waals surface area contributed by atoms with Gasteiger partial charge in [0, 0.05) is 0 Å². The largest absolute Gasteiger partial charge is 0.457 e. The molecule has 1 aromatic rings. The zero-order valence-electron chi connectivity index (χ0n) is 16.7. The number of rotatable bonds is 9. The van der Waals surface area contributed by atoms with Crippen molar-refractivity contribution in [1.82, 2.24) is 0 Å². The first-order valence-electron chi connectivity index (χ1n) is 10.0. The summed E-state index contributed by atoms with van der Waals surface area (Å²) in [5.41, 5.74) is 0.115. The van der Waals surface area contributed by atoms with Gasteiger partial charge in [-0.1, -0.05) is 50.6 Å². The average Bonchev–Trinajstić information content (AvgIpc) is 2.68. The van der Waals surface area contributed by atoms with Gasteiger partial charge in [0.25, 0.3) is 0 Å².